The highest BCUT2D eigenvalue weighted by molar-refractivity contribution is 6.33. The highest BCUT2D eigenvalue weighted by atomic mass is 35.5. The Morgan fingerprint density at radius 2 is 2.04 bits per heavy atom. The lowest BCUT2D eigenvalue weighted by atomic mass is 10.0. The zero-order valence-corrected chi connectivity index (χ0v) is 16.6. The third-order valence-corrected chi connectivity index (χ3v) is 4.40. The van der Waals surface area contributed by atoms with Crippen LogP contribution in [0.2, 0.25) is 5.02 Å². The first kappa shape index (κ1) is 21.1. The minimum absolute atomic E-state index is 0.153. The Balaban J connectivity index is 2.02. The minimum atomic E-state index is -1.43. The lowest BCUT2D eigenvalue weighted by Gasteiger charge is -2.35. The topological polar surface area (TPSA) is 93.9 Å². The van der Waals surface area contributed by atoms with Crippen LogP contribution < -0.4 is 15.8 Å². The molecule has 1 aliphatic rings. The zero-order valence-electron chi connectivity index (χ0n) is 15.8. The average molecular weight is 402 g/mol. The van der Waals surface area contributed by atoms with Crippen molar-refractivity contribution in [2.24, 2.45) is 0 Å². The molecular weight excluding hydrogens is 377 g/mol. The Morgan fingerprint density at radius 3 is 2.59 bits per heavy atom. The third-order valence-electron chi connectivity index (χ3n) is 4.07. The summed E-state index contributed by atoms with van der Waals surface area (Å²) in [6.07, 6.45) is -1.73. The second-order valence-electron chi connectivity index (χ2n) is 7.38. The van der Waals surface area contributed by atoms with Crippen LogP contribution in [0.5, 0.6) is 5.75 Å². The largest absolute Gasteiger partial charge is 0.496 e. The maximum Gasteiger partial charge on any atom is 0.410 e. The normalized spacial score (nSPS) is 20.1. The number of halogens is 2. The molecule has 1 aliphatic heterocycles. The SMILES string of the molecule is COc1cc(N)c(Cl)cc1C(=O)N[C@H]1CCN(C(=O)OC(C)(C)C)C[C@@H]1F. The molecule has 1 heterocycles. The molecule has 1 aromatic carbocycles. The fourth-order valence-corrected chi connectivity index (χ4v) is 2.88. The number of nitrogens with two attached hydrogens (primary N) is 1. The molecule has 1 fully saturated rings. The number of carbonyl (C=O) groups excluding carboxylic acids is 2. The number of hydrogen-bond donors (Lipinski definition) is 2. The standard InChI is InChI=1S/C18H25ClFN3O4/c1-18(2,3)27-17(25)23-6-5-14(12(20)9-23)22-16(24)10-7-11(19)13(21)8-15(10)26-4/h7-8,12,14H,5-6,9,21H2,1-4H3,(H,22,24)/t12-,14-/m0/s1. The van der Waals surface area contributed by atoms with Crippen molar-refractivity contribution in [3.05, 3.63) is 22.7 Å². The molecule has 1 saturated heterocycles. The molecule has 7 nitrogen and oxygen atoms in total. The molecule has 0 saturated carbocycles. The molecule has 150 valence electrons. The van der Waals surface area contributed by atoms with E-state index in [2.05, 4.69) is 5.32 Å². The van der Waals surface area contributed by atoms with E-state index in [9.17, 15) is 14.0 Å². The molecule has 2 atom stereocenters. The first-order valence-corrected chi connectivity index (χ1v) is 8.95. The Bertz CT molecular complexity index is 723. The van der Waals surface area contributed by atoms with Crippen LogP contribution >= 0.6 is 11.6 Å². The van der Waals surface area contributed by atoms with Crippen LogP contribution in [-0.4, -0.2) is 54.9 Å². The van der Waals surface area contributed by atoms with Gasteiger partial charge in [0.25, 0.3) is 5.91 Å². The van der Waals surface area contributed by atoms with Gasteiger partial charge in [-0.1, -0.05) is 11.6 Å². The van der Waals surface area contributed by atoms with Gasteiger partial charge in [0, 0.05) is 12.6 Å². The molecule has 0 bridgehead atoms. The number of ether oxygens (including phenoxy) is 2. The summed E-state index contributed by atoms with van der Waals surface area (Å²) in [6, 6.07) is 2.08. The van der Waals surface area contributed by atoms with Crippen molar-refractivity contribution in [3.63, 3.8) is 0 Å². The van der Waals surface area contributed by atoms with Crippen molar-refractivity contribution < 1.29 is 23.5 Å². The summed E-state index contributed by atoms with van der Waals surface area (Å²) in [5, 5.41) is 2.85. The molecule has 2 amide bonds. The van der Waals surface area contributed by atoms with Gasteiger partial charge in [-0.15, -0.1) is 0 Å². The predicted molar refractivity (Wildman–Crippen MR) is 101 cm³/mol. The number of nitrogens with zero attached hydrogens (tertiary/aromatic N) is 1. The fourth-order valence-electron chi connectivity index (χ4n) is 2.72. The van der Waals surface area contributed by atoms with Crippen LogP contribution in [0.15, 0.2) is 12.1 Å². The number of hydrogen-bond acceptors (Lipinski definition) is 5. The van der Waals surface area contributed by atoms with E-state index in [1.165, 1.54) is 24.1 Å². The Morgan fingerprint density at radius 1 is 1.37 bits per heavy atom. The van der Waals surface area contributed by atoms with Gasteiger partial charge in [0.1, 0.15) is 17.5 Å². The number of benzene rings is 1. The zero-order chi connectivity index (χ0) is 20.4. The van der Waals surface area contributed by atoms with E-state index in [4.69, 9.17) is 26.8 Å². The summed E-state index contributed by atoms with van der Waals surface area (Å²) >= 11 is 5.97. The minimum Gasteiger partial charge on any atom is -0.496 e. The fraction of sp³-hybridized carbons (Fsp3) is 0.556. The van der Waals surface area contributed by atoms with Gasteiger partial charge in [-0.2, -0.15) is 0 Å². The first-order chi connectivity index (χ1) is 12.5. The molecule has 9 heteroatoms. The Kier molecular flexibility index (Phi) is 6.41. The number of nitrogens with one attached hydrogen (secondary N) is 1. The number of nitrogen functional groups attached to an aromatic ring is 1. The molecule has 27 heavy (non-hydrogen) atoms. The molecule has 1 aromatic rings. The van der Waals surface area contributed by atoms with Crippen molar-refractivity contribution in [2.45, 2.75) is 45.0 Å². The van der Waals surface area contributed by atoms with Crippen molar-refractivity contribution in [2.75, 3.05) is 25.9 Å². The van der Waals surface area contributed by atoms with E-state index in [-0.39, 0.29) is 41.5 Å². The molecule has 2 rings (SSSR count). The number of carbonyl (C=O) groups is 2. The summed E-state index contributed by atoms with van der Waals surface area (Å²) < 4.78 is 25.0. The summed E-state index contributed by atoms with van der Waals surface area (Å²) in [7, 11) is 1.40. The number of anilines is 1. The lowest BCUT2D eigenvalue weighted by Crippen LogP contribution is -2.54. The van der Waals surface area contributed by atoms with E-state index in [0.29, 0.717) is 0 Å². The predicted octanol–water partition coefficient (Wildman–Crippen LogP) is 3.01. The number of rotatable bonds is 3. The quantitative estimate of drug-likeness (QED) is 0.759. The van der Waals surface area contributed by atoms with Gasteiger partial charge in [0.15, 0.2) is 0 Å². The van der Waals surface area contributed by atoms with Crippen LogP contribution in [0.4, 0.5) is 14.9 Å². The highest BCUT2D eigenvalue weighted by Gasteiger charge is 2.35. The number of piperidine rings is 1. The van der Waals surface area contributed by atoms with Crippen LogP contribution in [0.3, 0.4) is 0 Å². The average Bonchev–Trinajstić information content (AvgIpc) is 2.56. The van der Waals surface area contributed by atoms with Gasteiger partial charge in [0.05, 0.1) is 36.0 Å². The van der Waals surface area contributed by atoms with Gasteiger partial charge in [-0.3, -0.25) is 4.79 Å². The second-order valence-corrected chi connectivity index (χ2v) is 7.79. The van der Waals surface area contributed by atoms with E-state index < -0.39 is 29.8 Å². The summed E-state index contributed by atoms with van der Waals surface area (Å²) in [4.78, 5) is 25.9. The van der Waals surface area contributed by atoms with Crippen LogP contribution in [0.25, 0.3) is 0 Å². The van der Waals surface area contributed by atoms with Gasteiger partial charge in [-0.25, -0.2) is 9.18 Å². The molecule has 0 radical (unpaired) electrons. The smallest absolute Gasteiger partial charge is 0.410 e. The Labute approximate surface area is 162 Å². The van der Waals surface area contributed by atoms with Crippen molar-refractivity contribution in [1.29, 1.82) is 0 Å². The van der Waals surface area contributed by atoms with Gasteiger partial charge >= 0.3 is 6.09 Å². The first-order valence-electron chi connectivity index (χ1n) is 8.57. The molecule has 0 unspecified atom stereocenters. The maximum atomic E-state index is 14.6. The summed E-state index contributed by atoms with van der Waals surface area (Å²) in [5.74, 6) is -0.275. The third kappa shape index (κ3) is 5.38. The molecule has 0 aliphatic carbocycles. The Hall–Kier alpha value is -2.22. The van der Waals surface area contributed by atoms with E-state index >= 15 is 0 Å². The summed E-state index contributed by atoms with van der Waals surface area (Å²) in [5.41, 5.74) is 5.49. The van der Waals surface area contributed by atoms with Crippen LogP contribution in [0.1, 0.15) is 37.6 Å². The molecule has 0 spiro atoms. The second kappa shape index (κ2) is 8.21. The van der Waals surface area contributed by atoms with Crippen LogP contribution in [-0.2, 0) is 4.74 Å². The number of methoxy groups -OCH3 is 1. The van der Waals surface area contributed by atoms with E-state index in [1.807, 2.05) is 0 Å². The molecular formula is C18H25ClFN3O4. The van der Waals surface area contributed by atoms with Gasteiger partial charge < -0.3 is 25.4 Å². The highest BCUT2D eigenvalue weighted by Crippen LogP contribution is 2.29. The number of amides is 2. The monoisotopic (exact) mass is 401 g/mol. The van der Waals surface area contributed by atoms with E-state index in [0.717, 1.165) is 0 Å². The van der Waals surface area contributed by atoms with Gasteiger partial charge in [0.2, 0.25) is 0 Å². The maximum absolute atomic E-state index is 14.6. The number of alkyl halides is 1. The number of likely N-dealkylation sites (tertiary alicyclic amines) is 1. The van der Waals surface area contributed by atoms with E-state index in [1.54, 1.807) is 20.8 Å². The van der Waals surface area contributed by atoms with Crippen molar-refractivity contribution >= 4 is 29.3 Å². The summed E-state index contributed by atoms with van der Waals surface area (Å²) in [6.45, 7) is 5.36. The molecule has 0 aromatic heterocycles. The van der Waals surface area contributed by atoms with Crippen LogP contribution in [0, 0.1) is 0 Å². The van der Waals surface area contributed by atoms with Gasteiger partial charge in [-0.05, 0) is 33.3 Å². The van der Waals surface area contributed by atoms with Crippen molar-refractivity contribution in [3.8, 4) is 5.75 Å². The molecule has 3 N–H and O–H groups in total. The van der Waals surface area contributed by atoms with Crippen molar-refractivity contribution in [1.82, 2.24) is 10.2 Å². The lowest BCUT2D eigenvalue weighted by molar-refractivity contribution is 0.00972.